The number of rotatable bonds is 6. The van der Waals surface area contributed by atoms with Crippen LogP contribution in [0, 0.1) is 5.92 Å². The third-order valence-corrected chi connectivity index (χ3v) is 2.49. The molecule has 1 atom stereocenters. The summed E-state index contributed by atoms with van der Waals surface area (Å²) in [5.74, 6) is -0.232. The fraction of sp³-hybridized carbons (Fsp3) is 0.909. The van der Waals surface area contributed by atoms with Crippen LogP contribution in [0.3, 0.4) is 0 Å². The molecule has 0 aromatic carbocycles. The van der Waals surface area contributed by atoms with E-state index in [-0.39, 0.29) is 17.5 Å². The summed E-state index contributed by atoms with van der Waals surface area (Å²) in [4.78, 5) is 11.4. The fourth-order valence-electron chi connectivity index (χ4n) is 0.868. The summed E-state index contributed by atoms with van der Waals surface area (Å²) < 4.78 is 10.3. The first kappa shape index (κ1) is 14.4. The van der Waals surface area contributed by atoms with Gasteiger partial charge >= 0.3 is 5.97 Å². The van der Waals surface area contributed by atoms with Gasteiger partial charge in [0.05, 0.1) is 12.2 Å². The summed E-state index contributed by atoms with van der Waals surface area (Å²) >= 11 is 0. The molecule has 0 aliphatic rings. The Morgan fingerprint density at radius 2 is 1.93 bits per heavy atom. The van der Waals surface area contributed by atoms with E-state index in [1.165, 1.54) is 0 Å². The molecule has 0 rings (SSSR count). The molecular formula is C11H23NO3. The lowest BCUT2D eigenvalue weighted by Gasteiger charge is -2.23. The van der Waals surface area contributed by atoms with E-state index in [0.717, 1.165) is 0 Å². The zero-order valence-electron chi connectivity index (χ0n) is 10.4. The Morgan fingerprint density at radius 3 is 2.33 bits per heavy atom. The van der Waals surface area contributed by atoms with Gasteiger partial charge < -0.3 is 15.2 Å². The number of hydrogen-bond acceptors (Lipinski definition) is 4. The normalized spacial score (nSPS) is 14.1. The quantitative estimate of drug-likeness (QED) is 0.682. The zero-order valence-corrected chi connectivity index (χ0v) is 10.4. The van der Waals surface area contributed by atoms with E-state index >= 15 is 0 Å². The van der Waals surface area contributed by atoms with Crippen LogP contribution in [0.15, 0.2) is 0 Å². The Labute approximate surface area is 92.1 Å². The Kier molecular flexibility index (Phi) is 5.83. The largest absolute Gasteiger partial charge is 0.464 e. The fourth-order valence-corrected chi connectivity index (χ4v) is 0.868. The lowest BCUT2D eigenvalue weighted by molar-refractivity contribution is -0.147. The number of nitrogens with two attached hydrogens (primary N) is 1. The van der Waals surface area contributed by atoms with E-state index < -0.39 is 6.04 Å². The number of esters is 1. The lowest BCUT2D eigenvalue weighted by Crippen LogP contribution is -2.37. The standard InChI is InChI=1S/C11H23NO3/c1-8(2)9(12)10(13)15-7-6-11(3,4)14-5/h8-9H,6-7,12H2,1-5H3. The van der Waals surface area contributed by atoms with Crippen molar-refractivity contribution in [2.45, 2.75) is 45.8 Å². The highest BCUT2D eigenvalue weighted by Gasteiger charge is 2.21. The minimum absolute atomic E-state index is 0.105. The van der Waals surface area contributed by atoms with Gasteiger partial charge in [-0.1, -0.05) is 13.8 Å². The van der Waals surface area contributed by atoms with Crippen molar-refractivity contribution < 1.29 is 14.3 Å². The Hall–Kier alpha value is -0.610. The van der Waals surface area contributed by atoms with Gasteiger partial charge in [-0.3, -0.25) is 4.79 Å². The average molecular weight is 217 g/mol. The first-order valence-electron chi connectivity index (χ1n) is 5.27. The van der Waals surface area contributed by atoms with Crippen molar-refractivity contribution in [3.8, 4) is 0 Å². The van der Waals surface area contributed by atoms with Crippen molar-refractivity contribution in [1.29, 1.82) is 0 Å². The summed E-state index contributed by atoms with van der Waals surface area (Å²) in [5.41, 5.74) is 5.37. The van der Waals surface area contributed by atoms with Crippen molar-refractivity contribution in [3.63, 3.8) is 0 Å². The van der Waals surface area contributed by atoms with Gasteiger partial charge in [0.1, 0.15) is 6.04 Å². The predicted octanol–water partition coefficient (Wildman–Crippen LogP) is 1.33. The molecule has 1 unspecified atom stereocenters. The predicted molar refractivity (Wildman–Crippen MR) is 59.5 cm³/mol. The topological polar surface area (TPSA) is 61.5 Å². The van der Waals surface area contributed by atoms with Crippen LogP contribution in [0.1, 0.15) is 34.1 Å². The van der Waals surface area contributed by atoms with Gasteiger partial charge in [-0.05, 0) is 19.8 Å². The number of methoxy groups -OCH3 is 1. The second-order valence-electron chi connectivity index (χ2n) is 4.65. The third-order valence-electron chi connectivity index (χ3n) is 2.49. The Morgan fingerprint density at radius 1 is 1.40 bits per heavy atom. The Balaban J connectivity index is 3.83. The summed E-state index contributed by atoms with van der Waals surface area (Å²) in [6.07, 6.45) is 0.667. The second-order valence-corrected chi connectivity index (χ2v) is 4.65. The second kappa shape index (κ2) is 6.08. The molecule has 90 valence electrons. The molecule has 0 bridgehead atoms. The lowest BCUT2D eigenvalue weighted by atomic mass is 10.1. The van der Waals surface area contributed by atoms with Crippen molar-refractivity contribution in [2.75, 3.05) is 13.7 Å². The van der Waals surface area contributed by atoms with Gasteiger partial charge in [-0.2, -0.15) is 0 Å². The Bertz CT molecular complexity index is 202. The molecule has 0 aromatic heterocycles. The molecule has 0 fully saturated rings. The SMILES string of the molecule is COC(C)(C)CCOC(=O)C(N)C(C)C. The first-order valence-corrected chi connectivity index (χ1v) is 5.27. The monoisotopic (exact) mass is 217 g/mol. The van der Waals surface area contributed by atoms with Crippen LogP contribution in [0.25, 0.3) is 0 Å². The van der Waals surface area contributed by atoms with Crippen LogP contribution in [0.2, 0.25) is 0 Å². The summed E-state index contributed by atoms with van der Waals surface area (Å²) in [6.45, 7) is 8.03. The van der Waals surface area contributed by atoms with Crippen LogP contribution < -0.4 is 5.73 Å². The van der Waals surface area contributed by atoms with Gasteiger partial charge in [0.25, 0.3) is 0 Å². The maximum atomic E-state index is 11.4. The van der Waals surface area contributed by atoms with Crippen LogP contribution in [-0.2, 0) is 14.3 Å². The van der Waals surface area contributed by atoms with Gasteiger partial charge in [0.2, 0.25) is 0 Å². The molecule has 15 heavy (non-hydrogen) atoms. The molecule has 0 spiro atoms. The molecule has 4 heteroatoms. The van der Waals surface area contributed by atoms with Crippen molar-refractivity contribution in [2.24, 2.45) is 11.7 Å². The van der Waals surface area contributed by atoms with Crippen LogP contribution in [-0.4, -0.2) is 31.3 Å². The maximum Gasteiger partial charge on any atom is 0.323 e. The number of hydrogen-bond donors (Lipinski definition) is 1. The molecule has 0 aliphatic heterocycles. The van der Waals surface area contributed by atoms with Gasteiger partial charge in [-0.15, -0.1) is 0 Å². The summed E-state index contributed by atoms with van der Waals surface area (Å²) in [5, 5.41) is 0. The highest BCUT2D eigenvalue weighted by Crippen LogP contribution is 2.12. The summed E-state index contributed by atoms with van der Waals surface area (Å²) in [7, 11) is 1.64. The zero-order chi connectivity index (χ0) is 12.1. The number of ether oxygens (including phenoxy) is 2. The smallest absolute Gasteiger partial charge is 0.323 e. The third kappa shape index (κ3) is 5.74. The average Bonchev–Trinajstić information content (AvgIpc) is 2.16. The van der Waals surface area contributed by atoms with E-state index in [0.29, 0.717) is 13.0 Å². The molecule has 0 saturated carbocycles. The van der Waals surface area contributed by atoms with Crippen LogP contribution in [0.5, 0.6) is 0 Å². The molecule has 0 aromatic rings. The maximum absolute atomic E-state index is 11.4. The van der Waals surface area contributed by atoms with Gasteiger partial charge in [0, 0.05) is 13.5 Å². The molecular weight excluding hydrogens is 194 g/mol. The highest BCUT2D eigenvalue weighted by atomic mass is 16.5. The molecule has 0 aliphatic carbocycles. The van der Waals surface area contributed by atoms with Crippen LogP contribution in [0.4, 0.5) is 0 Å². The molecule has 0 radical (unpaired) electrons. The molecule has 0 amide bonds. The van der Waals surface area contributed by atoms with Gasteiger partial charge in [0.15, 0.2) is 0 Å². The number of carbonyl (C=O) groups excluding carboxylic acids is 1. The van der Waals surface area contributed by atoms with Crippen LogP contribution >= 0.6 is 0 Å². The van der Waals surface area contributed by atoms with E-state index in [1.807, 2.05) is 27.7 Å². The van der Waals surface area contributed by atoms with Crippen molar-refractivity contribution >= 4 is 5.97 Å². The molecule has 0 saturated heterocycles. The van der Waals surface area contributed by atoms with Gasteiger partial charge in [-0.25, -0.2) is 0 Å². The first-order chi connectivity index (χ1) is 6.80. The van der Waals surface area contributed by atoms with E-state index in [9.17, 15) is 4.79 Å². The van der Waals surface area contributed by atoms with E-state index in [4.69, 9.17) is 15.2 Å². The number of carbonyl (C=O) groups is 1. The minimum atomic E-state index is -0.532. The van der Waals surface area contributed by atoms with E-state index in [1.54, 1.807) is 7.11 Å². The van der Waals surface area contributed by atoms with Crippen molar-refractivity contribution in [1.82, 2.24) is 0 Å². The highest BCUT2D eigenvalue weighted by molar-refractivity contribution is 5.75. The van der Waals surface area contributed by atoms with Crippen molar-refractivity contribution in [3.05, 3.63) is 0 Å². The summed E-state index contributed by atoms with van der Waals surface area (Å²) in [6, 6.07) is -0.532. The molecule has 4 nitrogen and oxygen atoms in total. The molecule has 2 N–H and O–H groups in total. The van der Waals surface area contributed by atoms with E-state index in [2.05, 4.69) is 0 Å². The molecule has 0 heterocycles. The minimum Gasteiger partial charge on any atom is -0.464 e.